The van der Waals surface area contributed by atoms with Crippen LogP contribution in [-0.4, -0.2) is 46.9 Å². The number of amides is 5. The Morgan fingerprint density at radius 3 is 2.05 bits per heavy atom. The molecule has 20 heavy (non-hydrogen) atoms. The average molecular weight is 330 g/mol. The number of carbonyl (C=O) groups is 3. The normalized spacial score (nSPS) is 28.9. The summed E-state index contributed by atoms with van der Waals surface area (Å²) in [6.45, 7) is 0. The molecule has 5 amide bonds. The molecule has 0 spiro atoms. The lowest BCUT2D eigenvalue weighted by Gasteiger charge is -2.28. The Balaban J connectivity index is 0.000000347. The summed E-state index contributed by atoms with van der Waals surface area (Å²) >= 11 is 0. The van der Waals surface area contributed by atoms with E-state index in [2.05, 4.69) is 10.6 Å². The van der Waals surface area contributed by atoms with Gasteiger partial charge in [-0.3, -0.25) is 24.5 Å². The number of urea groups is 2. The molecule has 15 heteroatoms. The summed E-state index contributed by atoms with van der Waals surface area (Å²) in [5, 5.41) is 5.82. The first-order valence-corrected chi connectivity index (χ1v) is 7.09. The van der Waals surface area contributed by atoms with E-state index in [0.717, 1.165) is 0 Å². The van der Waals surface area contributed by atoms with Gasteiger partial charge in [0.05, 0.1) is 0 Å². The van der Waals surface area contributed by atoms with Gasteiger partial charge in [-0.05, 0) is 0 Å². The Hall–Kier alpha value is -1.86. The molecule has 13 nitrogen and oxygen atoms in total. The fraction of sp³-hybridized carbons (Fsp3) is 0.400. The molecule has 0 aromatic rings. The van der Waals surface area contributed by atoms with Crippen molar-refractivity contribution in [2.75, 3.05) is 0 Å². The maximum absolute atomic E-state index is 11.4. The number of nitrogens with one attached hydrogen (secondary N) is 4. The third-order valence-corrected chi connectivity index (χ3v) is 3.28. The van der Waals surface area contributed by atoms with Gasteiger partial charge in [0.1, 0.15) is 0 Å². The molecular weight excluding hydrogens is 323 g/mol. The molecular formula is C5H7N4O9PS. The van der Waals surface area contributed by atoms with Crippen molar-refractivity contribution in [1.29, 1.82) is 0 Å². The van der Waals surface area contributed by atoms with Gasteiger partial charge in [0.2, 0.25) is 0 Å². The molecule has 3 unspecified atom stereocenters. The highest BCUT2D eigenvalue weighted by Crippen LogP contribution is 2.36. The van der Waals surface area contributed by atoms with Gasteiger partial charge >= 0.3 is 41.7 Å². The van der Waals surface area contributed by atoms with E-state index in [9.17, 15) is 23.8 Å². The van der Waals surface area contributed by atoms with E-state index in [1.807, 2.05) is 5.32 Å². The quantitative estimate of drug-likeness (QED) is 0.208. The van der Waals surface area contributed by atoms with Crippen molar-refractivity contribution in [1.82, 2.24) is 21.3 Å². The highest BCUT2D eigenvalue weighted by molar-refractivity contribution is 7.79. The number of fused-ring (bicyclic) bond motifs is 1. The van der Waals surface area contributed by atoms with Crippen LogP contribution in [0.15, 0.2) is 0 Å². The first-order chi connectivity index (χ1) is 8.96. The summed E-state index contributed by atoms with van der Waals surface area (Å²) in [5.74, 6) is -1.08. The van der Waals surface area contributed by atoms with Crippen molar-refractivity contribution in [3.8, 4) is 0 Å². The number of hydrogen-bond donors (Lipinski definition) is 6. The van der Waals surface area contributed by atoms with Crippen molar-refractivity contribution < 1.29 is 41.4 Å². The number of rotatable bonds is 1. The van der Waals surface area contributed by atoms with Gasteiger partial charge in [-0.2, -0.15) is 8.42 Å². The van der Waals surface area contributed by atoms with Gasteiger partial charge in [-0.15, -0.1) is 0 Å². The van der Waals surface area contributed by atoms with Crippen LogP contribution in [0, 0.1) is 0 Å². The van der Waals surface area contributed by atoms with Gasteiger partial charge in [0, 0.05) is 0 Å². The molecule has 0 saturated carbocycles. The van der Waals surface area contributed by atoms with Crippen LogP contribution in [0.1, 0.15) is 0 Å². The first-order valence-electron chi connectivity index (χ1n) is 4.52. The molecule has 3 atom stereocenters. The molecule has 112 valence electrons. The van der Waals surface area contributed by atoms with Crippen LogP contribution in [-0.2, 0) is 19.8 Å². The summed E-state index contributed by atoms with van der Waals surface area (Å²) in [6.07, 6.45) is -1.28. The third kappa shape index (κ3) is 3.37. The molecule has 0 aromatic heterocycles. The Morgan fingerprint density at radius 2 is 1.60 bits per heavy atom. The summed E-state index contributed by atoms with van der Waals surface area (Å²) < 4.78 is 42.6. The SMILES string of the molecule is O=C1NC(=O)C2([P+](=O)[O-])NC(=O)NC2N1.O=S(=O)(O)O. The largest absolute Gasteiger partial charge is 0.593 e. The molecule has 0 bridgehead atoms. The van der Waals surface area contributed by atoms with Crippen LogP contribution < -0.4 is 26.2 Å². The van der Waals surface area contributed by atoms with Crippen molar-refractivity contribution in [2.24, 2.45) is 0 Å². The highest BCUT2D eigenvalue weighted by atomic mass is 32.3. The second kappa shape index (κ2) is 5.26. The smallest absolute Gasteiger partial charge is 0.394 e. The molecule has 2 aliphatic rings. The van der Waals surface area contributed by atoms with Gasteiger partial charge < -0.3 is 15.5 Å². The fourth-order valence-electron chi connectivity index (χ4n) is 1.44. The lowest BCUT2D eigenvalue weighted by Crippen LogP contribution is -2.71. The zero-order chi connectivity index (χ0) is 15.7. The predicted molar refractivity (Wildman–Crippen MR) is 56.6 cm³/mol. The summed E-state index contributed by atoms with van der Waals surface area (Å²) in [7, 11) is -7.95. The van der Waals surface area contributed by atoms with E-state index in [-0.39, 0.29) is 0 Å². The van der Waals surface area contributed by atoms with E-state index in [0.29, 0.717) is 0 Å². The molecule has 0 aromatic carbocycles. The van der Waals surface area contributed by atoms with Crippen LogP contribution in [0.25, 0.3) is 0 Å². The minimum absolute atomic E-state index is 0.837. The monoisotopic (exact) mass is 330 g/mol. The van der Waals surface area contributed by atoms with Crippen LogP contribution in [0.2, 0.25) is 0 Å². The second-order valence-electron chi connectivity index (χ2n) is 3.43. The standard InChI is InChI=1S/C5H5N4O5P.H2O4S/c10-2-5(15(13)14)1(6-3(11)8-2)7-4(12)9-5;1-5(2,3)4/h1H,(H2,7,9,12)(H2,6,8,10,11);(H2,1,2,3,4). The maximum atomic E-state index is 11.4. The van der Waals surface area contributed by atoms with E-state index in [1.54, 1.807) is 5.32 Å². The Morgan fingerprint density at radius 1 is 1.15 bits per heavy atom. The van der Waals surface area contributed by atoms with E-state index < -0.39 is 47.8 Å². The van der Waals surface area contributed by atoms with E-state index >= 15 is 0 Å². The summed E-state index contributed by atoms with van der Waals surface area (Å²) in [6, 6.07) is -1.70. The highest BCUT2D eigenvalue weighted by Gasteiger charge is 2.66. The Kier molecular flexibility index (Phi) is 4.26. The molecule has 2 aliphatic heterocycles. The van der Waals surface area contributed by atoms with Crippen molar-refractivity contribution in [3.05, 3.63) is 0 Å². The number of carbonyl (C=O) groups excluding carboxylic acids is 3. The molecule has 0 radical (unpaired) electrons. The zero-order valence-electron chi connectivity index (χ0n) is 9.18. The zero-order valence-corrected chi connectivity index (χ0v) is 10.9. The minimum atomic E-state index is -4.67. The molecule has 6 N–H and O–H groups in total. The van der Waals surface area contributed by atoms with E-state index in [1.165, 1.54) is 0 Å². The average Bonchev–Trinajstić information content (AvgIpc) is 2.52. The van der Waals surface area contributed by atoms with Gasteiger partial charge in [-0.25, -0.2) is 9.59 Å². The Labute approximate surface area is 111 Å². The number of hydrogen-bond acceptors (Lipinski definition) is 7. The van der Waals surface area contributed by atoms with Crippen LogP contribution in [0.5, 0.6) is 0 Å². The van der Waals surface area contributed by atoms with Crippen molar-refractivity contribution in [3.63, 3.8) is 0 Å². The molecule has 0 aliphatic carbocycles. The number of imide groups is 1. The van der Waals surface area contributed by atoms with Gasteiger partial charge in [0.15, 0.2) is 6.17 Å². The Bertz CT molecular complexity index is 581. The summed E-state index contributed by atoms with van der Waals surface area (Å²) in [4.78, 5) is 44.2. The van der Waals surface area contributed by atoms with Crippen LogP contribution >= 0.6 is 8.03 Å². The maximum Gasteiger partial charge on any atom is 0.394 e. The fourth-order valence-corrected chi connectivity index (χ4v) is 2.20. The van der Waals surface area contributed by atoms with Crippen molar-refractivity contribution >= 4 is 36.4 Å². The predicted octanol–water partition coefficient (Wildman–Crippen LogP) is -3.39. The lowest BCUT2D eigenvalue weighted by atomic mass is 10.2. The third-order valence-electron chi connectivity index (χ3n) is 2.13. The molecule has 2 fully saturated rings. The van der Waals surface area contributed by atoms with Gasteiger partial charge in [-0.1, -0.05) is 4.57 Å². The first kappa shape index (κ1) is 16.2. The molecule has 2 rings (SSSR count). The lowest BCUT2D eigenvalue weighted by molar-refractivity contribution is -0.172. The topological polar surface area (TPSA) is 214 Å². The molecule has 2 saturated heterocycles. The van der Waals surface area contributed by atoms with Crippen molar-refractivity contribution in [2.45, 2.75) is 11.4 Å². The van der Waals surface area contributed by atoms with E-state index in [4.69, 9.17) is 17.5 Å². The van der Waals surface area contributed by atoms with Crippen LogP contribution in [0.4, 0.5) is 9.59 Å². The second-order valence-corrected chi connectivity index (χ2v) is 5.55. The van der Waals surface area contributed by atoms with Gasteiger partial charge in [0.25, 0.3) is 0 Å². The minimum Gasteiger partial charge on any atom is -0.593 e. The van der Waals surface area contributed by atoms with Crippen LogP contribution in [0.3, 0.4) is 0 Å². The molecule has 2 heterocycles. The summed E-state index contributed by atoms with van der Waals surface area (Å²) in [5.41, 5.74) is 0.